The van der Waals surface area contributed by atoms with Gasteiger partial charge in [-0.25, -0.2) is 0 Å². The first-order valence-corrected chi connectivity index (χ1v) is 6.21. The fourth-order valence-electron chi connectivity index (χ4n) is 1.99. The fourth-order valence-corrected chi connectivity index (χ4v) is 2.97. The highest BCUT2D eigenvalue weighted by Gasteiger charge is 2.20. The summed E-state index contributed by atoms with van der Waals surface area (Å²) in [5, 5.41) is 13.4. The first kappa shape index (κ1) is 9.87. The van der Waals surface area contributed by atoms with E-state index >= 15 is 0 Å². The van der Waals surface area contributed by atoms with Gasteiger partial charge in [-0.3, -0.25) is 0 Å². The Kier molecular flexibility index (Phi) is 2.42. The zero-order valence-corrected chi connectivity index (χ0v) is 9.54. The second kappa shape index (κ2) is 3.92. The maximum absolute atomic E-state index is 10.2. The molecule has 0 saturated heterocycles. The van der Waals surface area contributed by atoms with Crippen LogP contribution in [0, 0.1) is 0 Å². The minimum absolute atomic E-state index is 0.612. The van der Waals surface area contributed by atoms with Crippen LogP contribution in [-0.2, 0) is 4.74 Å². The quantitative estimate of drug-likeness (QED) is 0.861. The van der Waals surface area contributed by atoms with E-state index in [2.05, 4.69) is 6.07 Å². The van der Waals surface area contributed by atoms with Crippen molar-refractivity contribution in [3.05, 3.63) is 47.0 Å². The summed E-state index contributed by atoms with van der Waals surface area (Å²) in [6.07, 6.45) is 2.25. The van der Waals surface area contributed by atoms with Gasteiger partial charge in [-0.1, -0.05) is 18.2 Å². The highest BCUT2D eigenvalue weighted by atomic mass is 32.1. The molecule has 3 rings (SSSR count). The van der Waals surface area contributed by atoms with Crippen molar-refractivity contribution in [1.29, 1.82) is 0 Å². The van der Waals surface area contributed by atoms with Gasteiger partial charge < -0.3 is 9.84 Å². The summed E-state index contributed by atoms with van der Waals surface area (Å²) in [4.78, 5) is 0. The topological polar surface area (TPSA) is 29.5 Å². The summed E-state index contributed by atoms with van der Waals surface area (Å²) in [6.45, 7) is 0.689. The standard InChI is InChI=1S/C13H12O2S/c14-13(11-5-3-7-15-11)10-8-16-12-6-2-1-4-9(10)12/h1-2,4-6,8,13-14H,3,7H2. The van der Waals surface area contributed by atoms with Crippen LogP contribution in [0.15, 0.2) is 41.5 Å². The smallest absolute Gasteiger partial charge is 0.137 e. The van der Waals surface area contributed by atoms with Crippen LogP contribution in [0.1, 0.15) is 18.1 Å². The number of hydrogen-bond donors (Lipinski definition) is 1. The molecule has 1 aliphatic rings. The Labute approximate surface area is 97.8 Å². The number of rotatable bonds is 2. The van der Waals surface area contributed by atoms with Gasteiger partial charge in [0, 0.05) is 16.7 Å². The van der Waals surface area contributed by atoms with Crippen molar-refractivity contribution >= 4 is 21.4 Å². The van der Waals surface area contributed by atoms with Gasteiger partial charge in [0.2, 0.25) is 0 Å². The number of aliphatic hydroxyl groups excluding tert-OH is 1. The van der Waals surface area contributed by atoms with E-state index in [9.17, 15) is 5.11 Å². The van der Waals surface area contributed by atoms with Crippen molar-refractivity contribution < 1.29 is 9.84 Å². The summed E-state index contributed by atoms with van der Waals surface area (Å²) in [5.41, 5.74) is 0.953. The number of hydrogen-bond acceptors (Lipinski definition) is 3. The van der Waals surface area contributed by atoms with E-state index in [1.807, 2.05) is 29.7 Å². The number of thiophene rings is 1. The molecule has 2 heterocycles. The van der Waals surface area contributed by atoms with E-state index in [-0.39, 0.29) is 0 Å². The summed E-state index contributed by atoms with van der Waals surface area (Å²) in [6, 6.07) is 8.12. The van der Waals surface area contributed by atoms with Gasteiger partial charge in [0.25, 0.3) is 0 Å². The fraction of sp³-hybridized carbons (Fsp3) is 0.231. The molecule has 0 saturated carbocycles. The molecule has 0 fully saturated rings. The van der Waals surface area contributed by atoms with Crippen LogP contribution < -0.4 is 0 Å². The molecule has 1 atom stereocenters. The van der Waals surface area contributed by atoms with E-state index < -0.39 is 6.10 Å². The van der Waals surface area contributed by atoms with Crippen LogP contribution in [0.4, 0.5) is 0 Å². The average Bonchev–Trinajstić information content (AvgIpc) is 2.98. The average molecular weight is 232 g/mol. The lowest BCUT2D eigenvalue weighted by atomic mass is 10.1. The van der Waals surface area contributed by atoms with Crippen molar-refractivity contribution in [2.75, 3.05) is 6.61 Å². The summed E-state index contributed by atoms with van der Waals surface area (Å²) in [5.74, 6) is 0.698. The van der Waals surface area contributed by atoms with Crippen LogP contribution in [0.3, 0.4) is 0 Å². The SMILES string of the molecule is OC(C1=CCCO1)c1csc2ccccc12. The molecule has 16 heavy (non-hydrogen) atoms. The maximum atomic E-state index is 10.2. The van der Waals surface area contributed by atoms with E-state index in [1.54, 1.807) is 11.3 Å². The van der Waals surface area contributed by atoms with Crippen LogP contribution >= 0.6 is 11.3 Å². The summed E-state index contributed by atoms with van der Waals surface area (Å²) < 4.78 is 6.61. The van der Waals surface area contributed by atoms with E-state index in [0.717, 1.165) is 17.4 Å². The first-order chi connectivity index (χ1) is 7.86. The Morgan fingerprint density at radius 2 is 2.19 bits per heavy atom. The molecule has 0 amide bonds. The minimum Gasteiger partial charge on any atom is -0.495 e. The highest BCUT2D eigenvalue weighted by molar-refractivity contribution is 7.17. The van der Waals surface area contributed by atoms with Crippen molar-refractivity contribution in [2.24, 2.45) is 0 Å². The van der Waals surface area contributed by atoms with Gasteiger partial charge in [0.15, 0.2) is 0 Å². The maximum Gasteiger partial charge on any atom is 0.137 e. The van der Waals surface area contributed by atoms with E-state index in [1.165, 1.54) is 4.70 Å². The Bertz CT molecular complexity index is 542. The van der Waals surface area contributed by atoms with E-state index in [4.69, 9.17) is 4.74 Å². The largest absolute Gasteiger partial charge is 0.495 e. The molecule has 2 aromatic rings. The summed E-state index contributed by atoms with van der Waals surface area (Å²) >= 11 is 1.66. The number of benzene rings is 1. The van der Waals surface area contributed by atoms with Crippen molar-refractivity contribution in [1.82, 2.24) is 0 Å². The predicted octanol–water partition coefficient (Wildman–Crippen LogP) is 3.24. The molecule has 0 aliphatic carbocycles. The number of ether oxygens (including phenoxy) is 1. The lowest BCUT2D eigenvalue weighted by Gasteiger charge is -2.11. The molecule has 1 aromatic carbocycles. The molecule has 3 heteroatoms. The van der Waals surface area contributed by atoms with Gasteiger partial charge in [0.05, 0.1) is 6.61 Å². The Morgan fingerprint density at radius 3 is 3.00 bits per heavy atom. The van der Waals surface area contributed by atoms with Crippen LogP contribution in [0.2, 0.25) is 0 Å². The van der Waals surface area contributed by atoms with Crippen molar-refractivity contribution in [2.45, 2.75) is 12.5 Å². The molecule has 1 aliphatic heterocycles. The predicted molar refractivity (Wildman–Crippen MR) is 65.4 cm³/mol. The van der Waals surface area contributed by atoms with Crippen LogP contribution in [0.25, 0.3) is 10.1 Å². The Balaban J connectivity index is 2.05. The van der Waals surface area contributed by atoms with Crippen LogP contribution in [-0.4, -0.2) is 11.7 Å². The molecular formula is C13H12O2S. The lowest BCUT2D eigenvalue weighted by Crippen LogP contribution is -2.01. The molecule has 0 radical (unpaired) electrons. The van der Waals surface area contributed by atoms with Crippen molar-refractivity contribution in [3.8, 4) is 0 Å². The second-order valence-electron chi connectivity index (χ2n) is 3.83. The third kappa shape index (κ3) is 1.52. The number of aliphatic hydroxyl groups is 1. The van der Waals surface area contributed by atoms with Gasteiger partial charge in [-0.05, 0) is 22.9 Å². The molecular weight excluding hydrogens is 220 g/mol. The van der Waals surface area contributed by atoms with E-state index in [0.29, 0.717) is 12.4 Å². The van der Waals surface area contributed by atoms with Crippen molar-refractivity contribution in [3.63, 3.8) is 0 Å². The summed E-state index contributed by atoms with van der Waals surface area (Å²) in [7, 11) is 0. The van der Waals surface area contributed by atoms with Gasteiger partial charge in [-0.15, -0.1) is 11.3 Å². The third-order valence-electron chi connectivity index (χ3n) is 2.81. The zero-order valence-electron chi connectivity index (χ0n) is 8.72. The normalized spacial score (nSPS) is 17.2. The molecule has 0 spiro atoms. The highest BCUT2D eigenvalue weighted by Crippen LogP contribution is 2.34. The van der Waals surface area contributed by atoms with Gasteiger partial charge in [0.1, 0.15) is 11.9 Å². The Hall–Kier alpha value is -1.32. The molecule has 82 valence electrons. The molecule has 0 bridgehead atoms. The molecule has 2 nitrogen and oxygen atoms in total. The number of fused-ring (bicyclic) bond motifs is 1. The lowest BCUT2D eigenvalue weighted by molar-refractivity contribution is 0.120. The molecule has 1 unspecified atom stereocenters. The second-order valence-corrected chi connectivity index (χ2v) is 4.74. The minimum atomic E-state index is -0.612. The van der Waals surface area contributed by atoms with Gasteiger partial charge >= 0.3 is 0 Å². The van der Waals surface area contributed by atoms with Gasteiger partial charge in [-0.2, -0.15) is 0 Å². The third-order valence-corrected chi connectivity index (χ3v) is 3.79. The first-order valence-electron chi connectivity index (χ1n) is 5.33. The molecule has 1 aromatic heterocycles. The van der Waals surface area contributed by atoms with Crippen LogP contribution in [0.5, 0.6) is 0 Å². The Morgan fingerprint density at radius 1 is 1.31 bits per heavy atom. The zero-order chi connectivity index (χ0) is 11.0. The monoisotopic (exact) mass is 232 g/mol. The molecule has 1 N–H and O–H groups in total.